The average Bonchev–Trinajstić information content (AvgIpc) is 2.57. The van der Waals surface area contributed by atoms with E-state index < -0.39 is 0 Å². The van der Waals surface area contributed by atoms with Gasteiger partial charge in [-0.3, -0.25) is 0 Å². The van der Waals surface area contributed by atoms with Crippen LogP contribution >= 0.6 is 0 Å². The summed E-state index contributed by atoms with van der Waals surface area (Å²) in [5.41, 5.74) is 0. The fourth-order valence-corrected chi connectivity index (χ4v) is 3.20. The van der Waals surface area contributed by atoms with E-state index >= 15 is 0 Å². The van der Waals surface area contributed by atoms with Crippen LogP contribution in [0.5, 0.6) is 0 Å². The Morgan fingerprint density at radius 3 is 1.17 bits per heavy atom. The molecule has 0 aliphatic carbocycles. The highest BCUT2D eigenvalue weighted by molar-refractivity contribution is 4.79. The molecule has 0 bridgehead atoms. The molecule has 0 rings (SSSR count). The molecule has 0 spiro atoms. The summed E-state index contributed by atoms with van der Waals surface area (Å²) in [6.07, 6.45) is 31.4. The molecular weight excluding hydrogens is 276 g/mol. The molecule has 0 unspecified atom stereocenters. The Morgan fingerprint density at radius 2 is 0.826 bits per heavy atom. The molecule has 0 aromatic carbocycles. The third-order valence-corrected chi connectivity index (χ3v) is 4.77. The van der Waals surface area contributed by atoms with Crippen LogP contribution in [0.3, 0.4) is 0 Å². The maximum Gasteiger partial charge on any atom is -0.0351 e. The zero-order valence-electron chi connectivity index (χ0n) is 16.3. The van der Waals surface area contributed by atoms with E-state index in [0.29, 0.717) is 0 Å². The van der Waals surface area contributed by atoms with E-state index in [-0.39, 0.29) is 0 Å². The van der Waals surface area contributed by atoms with Crippen LogP contribution < -0.4 is 0 Å². The summed E-state index contributed by atoms with van der Waals surface area (Å²) in [6, 6.07) is 0. The van der Waals surface area contributed by atoms with Crippen molar-refractivity contribution in [1.82, 2.24) is 0 Å². The minimum Gasteiger partial charge on any atom is -0.0888 e. The molecule has 0 heterocycles. The number of hydrogen-bond acceptors (Lipinski definition) is 0. The van der Waals surface area contributed by atoms with Gasteiger partial charge in [-0.2, -0.15) is 0 Å². The first kappa shape index (κ1) is 22.7. The van der Waals surface area contributed by atoms with Crippen molar-refractivity contribution in [3.05, 3.63) is 19.1 Å². The third kappa shape index (κ3) is 21.7. The second-order valence-electron chi connectivity index (χ2n) is 7.18. The topological polar surface area (TPSA) is 0 Å². The standard InChI is InChI=1S/C23H45/c1-3-5-7-9-11-13-15-17-19-21-23-22-20-18-16-14-12-10-8-6-4-2/h6,8H,1,3-5,7,9-23H2,2H3/b8-6+. The van der Waals surface area contributed by atoms with Crippen molar-refractivity contribution in [3.63, 3.8) is 0 Å². The predicted molar refractivity (Wildman–Crippen MR) is 108 cm³/mol. The lowest BCUT2D eigenvalue weighted by atomic mass is 10.0. The number of unbranched alkanes of at least 4 members (excludes halogenated alkanes) is 17. The zero-order valence-corrected chi connectivity index (χ0v) is 16.3. The van der Waals surface area contributed by atoms with Gasteiger partial charge in [-0.1, -0.05) is 129 Å². The summed E-state index contributed by atoms with van der Waals surface area (Å²) < 4.78 is 0. The predicted octanol–water partition coefficient (Wildman–Crippen LogP) is 8.81. The van der Waals surface area contributed by atoms with Crippen LogP contribution in [0.25, 0.3) is 0 Å². The Morgan fingerprint density at radius 1 is 0.478 bits per heavy atom. The molecule has 1 radical (unpaired) electrons. The van der Waals surface area contributed by atoms with Crippen LogP contribution in [0.15, 0.2) is 12.2 Å². The summed E-state index contributed by atoms with van der Waals surface area (Å²) in [7, 11) is 0. The van der Waals surface area contributed by atoms with Crippen molar-refractivity contribution in [2.45, 2.75) is 129 Å². The molecule has 0 aromatic rings. The van der Waals surface area contributed by atoms with Crippen molar-refractivity contribution < 1.29 is 0 Å². The van der Waals surface area contributed by atoms with Crippen molar-refractivity contribution >= 4 is 0 Å². The van der Waals surface area contributed by atoms with Gasteiger partial charge in [-0.25, -0.2) is 0 Å². The van der Waals surface area contributed by atoms with Gasteiger partial charge in [-0.15, -0.1) is 0 Å². The van der Waals surface area contributed by atoms with Gasteiger partial charge in [0.25, 0.3) is 0 Å². The fourth-order valence-electron chi connectivity index (χ4n) is 3.20. The van der Waals surface area contributed by atoms with Gasteiger partial charge in [0, 0.05) is 0 Å². The number of hydrogen-bond donors (Lipinski definition) is 0. The second kappa shape index (κ2) is 21.7. The van der Waals surface area contributed by atoms with E-state index in [0.717, 1.165) is 6.42 Å². The second-order valence-corrected chi connectivity index (χ2v) is 7.18. The highest BCUT2D eigenvalue weighted by Crippen LogP contribution is 2.14. The van der Waals surface area contributed by atoms with Gasteiger partial charge in [0.05, 0.1) is 0 Å². The molecule has 0 N–H and O–H groups in total. The first-order chi connectivity index (χ1) is 11.4. The molecule has 0 atom stereocenters. The Kier molecular flexibility index (Phi) is 21.5. The third-order valence-electron chi connectivity index (χ3n) is 4.77. The highest BCUT2D eigenvalue weighted by atomic mass is 14.0. The molecule has 0 aliphatic rings. The van der Waals surface area contributed by atoms with Crippen LogP contribution in [-0.2, 0) is 0 Å². The SMILES string of the molecule is [CH2]CCCCCCCCCCCCCCCCCC/C=C/CC. The van der Waals surface area contributed by atoms with Crippen LogP contribution in [0, 0.1) is 6.92 Å². The maximum absolute atomic E-state index is 3.90. The molecule has 137 valence electrons. The summed E-state index contributed by atoms with van der Waals surface area (Å²) >= 11 is 0. The lowest BCUT2D eigenvalue weighted by Crippen LogP contribution is -1.83. The lowest BCUT2D eigenvalue weighted by Gasteiger charge is -2.03. The van der Waals surface area contributed by atoms with Crippen molar-refractivity contribution in [2.24, 2.45) is 0 Å². The Balaban J connectivity index is 2.96. The van der Waals surface area contributed by atoms with Crippen LogP contribution in [0.4, 0.5) is 0 Å². The molecule has 0 saturated heterocycles. The summed E-state index contributed by atoms with van der Waals surface area (Å²) in [5.74, 6) is 0. The largest absolute Gasteiger partial charge is 0.0888 e. The summed E-state index contributed by atoms with van der Waals surface area (Å²) in [6.45, 7) is 6.11. The molecular formula is C23H45. The Bertz CT molecular complexity index is 216. The highest BCUT2D eigenvalue weighted by Gasteiger charge is 1.94. The Labute approximate surface area is 148 Å². The number of rotatable bonds is 19. The van der Waals surface area contributed by atoms with E-state index in [1.54, 1.807) is 0 Å². The molecule has 0 nitrogen and oxygen atoms in total. The maximum atomic E-state index is 3.90. The minimum atomic E-state index is 1.12. The van der Waals surface area contributed by atoms with E-state index in [4.69, 9.17) is 0 Å². The summed E-state index contributed by atoms with van der Waals surface area (Å²) in [5, 5.41) is 0. The van der Waals surface area contributed by atoms with Crippen LogP contribution in [-0.4, -0.2) is 0 Å². The molecule has 0 heteroatoms. The van der Waals surface area contributed by atoms with Crippen molar-refractivity contribution in [1.29, 1.82) is 0 Å². The normalized spacial score (nSPS) is 11.6. The molecule has 0 amide bonds. The first-order valence-electron chi connectivity index (χ1n) is 10.9. The van der Waals surface area contributed by atoms with Gasteiger partial charge >= 0.3 is 0 Å². The first-order valence-corrected chi connectivity index (χ1v) is 10.9. The molecule has 0 saturated carbocycles. The van der Waals surface area contributed by atoms with Gasteiger partial charge in [0.15, 0.2) is 0 Å². The van der Waals surface area contributed by atoms with Crippen molar-refractivity contribution in [2.75, 3.05) is 0 Å². The van der Waals surface area contributed by atoms with E-state index in [9.17, 15) is 0 Å². The minimum absolute atomic E-state index is 1.12. The van der Waals surface area contributed by atoms with Gasteiger partial charge in [-0.05, 0) is 19.3 Å². The number of allylic oxidation sites excluding steroid dienone is 2. The molecule has 23 heavy (non-hydrogen) atoms. The van der Waals surface area contributed by atoms with Gasteiger partial charge in [0.2, 0.25) is 0 Å². The van der Waals surface area contributed by atoms with Crippen LogP contribution in [0.1, 0.15) is 129 Å². The van der Waals surface area contributed by atoms with Gasteiger partial charge in [0.1, 0.15) is 0 Å². The molecule has 0 aromatic heterocycles. The smallest absolute Gasteiger partial charge is 0.0351 e. The van der Waals surface area contributed by atoms with E-state index in [1.807, 2.05) is 0 Å². The van der Waals surface area contributed by atoms with Crippen molar-refractivity contribution in [3.8, 4) is 0 Å². The summed E-state index contributed by atoms with van der Waals surface area (Å²) in [4.78, 5) is 0. The average molecular weight is 322 g/mol. The molecule has 0 aliphatic heterocycles. The van der Waals surface area contributed by atoms with Gasteiger partial charge < -0.3 is 0 Å². The molecule has 0 fully saturated rings. The van der Waals surface area contributed by atoms with Crippen LogP contribution in [0.2, 0.25) is 0 Å². The quantitative estimate of drug-likeness (QED) is 0.165. The lowest BCUT2D eigenvalue weighted by molar-refractivity contribution is 0.528. The van der Waals surface area contributed by atoms with E-state index in [2.05, 4.69) is 26.0 Å². The fraction of sp³-hybridized carbons (Fsp3) is 0.870. The van der Waals surface area contributed by atoms with E-state index in [1.165, 1.54) is 116 Å². The zero-order chi connectivity index (χ0) is 16.8. The Hall–Kier alpha value is -0.260. The monoisotopic (exact) mass is 321 g/mol.